The van der Waals surface area contributed by atoms with E-state index in [1.54, 1.807) is 6.92 Å². The number of thiazole rings is 1. The fraction of sp³-hybridized carbons (Fsp3) is 0.400. The summed E-state index contributed by atoms with van der Waals surface area (Å²) in [5.41, 5.74) is -0.142. The molecule has 2 heterocycles. The van der Waals surface area contributed by atoms with E-state index >= 15 is 0 Å². The Hall–Kier alpha value is -1.50. The zero-order valence-corrected chi connectivity index (χ0v) is 10.1. The Morgan fingerprint density at radius 1 is 1.65 bits per heavy atom. The van der Waals surface area contributed by atoms with Crippen LogP contribution in [-0.2, 0) is 10.7 Å². The highest BCUT2D eigenvalue weighted by Gasteiger charge is 2.35. The van der Waals surface area contributed by atoms with Crippen LogP contribution in [0.3, 0.4) is 0 Å². The summed E-state index contributed by atoms with van der Waals surface area (Å²) in [6.45, 7) is 2.52. The molecule has 2 aromatic heterocycles. The lowest BCUT2D eigenvalue weighted by molar-refractivity contribution is 0.0176. The van der Waals surface area contributed by atoms with E-state index in [1.165, 1.54) is 16.9 Å². The molecule has 7 heteroatoms. The zero-order chi connectivity index (χ0) is 12.6. The molecule has 2 rings (SSSR count). The van der Waals surface area contributed by atoms with E-state index in [0.29, 0.717) is 4.83 Å². The van der Waals surface area contributed by atoms with Crippen molar-refractivity contribution in [3.8, 4) is 0 Å². The second-order valence-electron chi connectivity index (χ2n) is 3.49. The van der Waals surface area contributed by atoms with Gasteiger partial charge in [-0.3, -0.25) is 4.40 Å². The molecule has 0 amide bonds. The number of nitrogens with zero attached hydrogens (tertiary/aromatic N) is 2. The van der Waals surface area contributed by atoms with Crippen LogP contribution in [0.15, 0.2) is 12.5 Å². The van der Waals surface area contributed by atoms with Gasteiger partial charge in [-0.2, -0.15) is 0 Å². The van der Waals surface area contributed by atoms with Crippen molar-refractivity contribution in [3.63, 3.8) is 0 Å². The number of hydrogen-bond acceptors (Lipinski definition) is 4. The van der Waals surface area contributed by atoms with Gasteiger partial charge in [0.15, 0.2) is 5.69 Å². The fourth-order valence-electron chi connectivity index (χ4n) is 1.48. The highest BCUT2D eigenvalue weighted by Crippen LogP contribution is 2.37. The Kier molecular flexibility index (Phi) is 2.86. The number of alkyl halides is 2. The van der Waals surface area contributed by atoms with E-state index in [4.69, 9.17) is 4.74 Å². The number of rotatable bonds is 3. The average Bonchev–Trinajstić information content (AvgIpc) is 2.73. The summed E-state index contributed by atoms with van der Waals surface area (Å²) < 4.78 is 32.9. The van der Waals surface area contributed by atoms with Gasteiger partial charge < -0.3 is 4.74 Å². The molecule has 0 N–H and O–H groups in total. The van der Waals surface area contributed by atoms with Gasteiger partial charge in [0.2, 0.25) is 0 Å². The molecule has 0 aliphatic rings. The first-order chi connectivity index (χ1) is 7.95. The van der Waals surface area contributed by atoms with Gasteiger partial charge in [0.1, 0.15) is 16.0 Å². The molecule has 2 aromatic rings. The minimum Gasteiger partial charge on any atom is -0.461 e. The van der Waals surface area contributed by atoms with Crippen LogP contribution in [0.25, 0.3) is 4.83 Å². The zero-order valence-electron chi connectivity index (χ0n) is 9.24. The van der Waals surface area contributed by atoms with Crippen LogP contribution >= 0.6 is 11.3 Å². The number of carbonyl (C=O) groups is 1. The van der Waals surface area contributed by atoms with Crippen molar-refractivity contribution >= 4 is 22.1 Å². The Morgan fingerprint density at radius 3 is 2.94 bits per heavy atom. The van der Waals surface area contributed by atoms with Crippen molar-refractivity contribution in [1.29, 1.82) is 0 Å². The van der Waals surface area contributed by atoms with Crippen molar-refractivity contribution in [1.82, 2.24) is 9.38 Å². The monoisotopic (exact) mass is 260 g/mol. The predicted octanol–water partition coefficient (Wildman–Crippen LogP) is 2.68. The largest absolute Gasteiger partial charge is 0.461 e. The lowest BCUT2D eigenvalue weighted by atomic mass is 10.2. The standard InChI is InChI=1S/C10H10F2N2O2S/c1-3-16-9(15)7-8(10(2,11)12)17-6-4-13-5-14(6)7/h4-5H,3H2,1-2H3. The lowest BCUT2D eigenvalue weighted by Crippen LogP contribution is -2.15. The summed E-state index contributed by atoms with van der Waals surface area (Å²) in [5.74, 6) is -3.83. The van der Waals surface area contributed by atoms with E-state index in [-0.39, 0.29) is 17.2 Å². The molecule has 17 heavy (non-hydrogen) atoms. The molecule has 0 aromatic carbocycles. The van der Waals surface area contributed by atoms with E-state index in [9.17, 15) is 13.6 Å². The molecular weight excluding hydrogens is 250 g/mol. The summed E-state index contributed by atoms with van der Waals surface area (Å²) in [4.78, 5) is 15.7. The molecule has 4 nitrogen and oxygen atoms in total. The van der Waals surface area contributed by atoms with Gasteiger partial charge in [-0.25, -0.2) is 18.6 Å². The van der Waals surface area contributed by atoms with Gasteiger partial charge in [-0.1, -0.05) is 0 Å². The molecule has 0 aliphatic heterocycles. The van der Waals surface area contributed by atoms with E-state index in [1.807, 2.05) is 0 Å². The number of imidazole rings is 1. The van der Waals surface area contributed by atoms with Gasteiger partial charge in [0.25, 0.3) is 5.92 Å². The van der Waals surface area contributed by atoms with Gasteiger partial charge in [-0.15, -0.1) is 11.3 Å². The third kappa shape index (κ3) is 2.02. The van der Waals surface area contributed by atoms with Gasteiger partial charge in [-0.05, 0) is 6.92 Å². The summed E-state index contributed by atoms with van der Waals surface area (Å²) in [5, 5.41) is 0. The molecular formula is C10H10F2N2O2S. The second kappa shape index (κ2) is 4.06. The molecule has 0 radical (unpaired) electrons. The molecule has 0 saturated heterocycles. The Balaban J connectivity index is 2.63. The summed E-state index contributed by atoms with van der Waals surface area (Å²) >= 11 is 0.841. The van der Waals surface area contributed by atoms with Crippen molar-refractivity contribution in [2.24, 2.45) is 0 Å². The van der Waals surface area contributed by atoms with Crippen molar-refractivity contribution in [2.75, 3.05) is 6.61 Å². The van der Waals surface area contributed by atoms with Crippen LogP contribution in [0.1, 0.15) is 29.2 Å². The fourth-order valence-corrected chi connectivity index (χ4v) is 2.49. The molecule has 0 aliphatic carbocycles. The van der Waals surface area contributed by atoms with Crippen molar-refractivity contribution < 1.29 is 18.3 Å². The number of aromatic nitrogens is 2. The van der Waals surface area contributed by atoms with E-state index < -0.39 is 11.9 Å². The highest BCUT2D eigenvalue weighted by atomic mass is 32.1. The van der Waals surface area contributed by atoms with Crippen molar-refractivity contribution in [2.45, 2.75) is 19.8 Å². The van der Waals surface area contributed by atoms with Crippen LogP contribution < -0.4 is 0 Å². The number of hydrogen-bond donors (Lipinski definition) is 0. The summed E-state index contributed by atoms with van der Waals surface area (Å²) in [7, 11) is 0. The number of esters is 1. The lowest BCUT2D eigenvalue weighted by Gasteiger charge is -2.10. The molecule has 0 saturated carbocycles. The minimum absolute atomic E-state index is 0.138. The van der Waals surface area contributed by atoms with Gasteiger partial charge in [0, 0.05) is 6.92 Å². The first-order valence-electron chi connectivity index (χ1n) is 4.95. The smallest absolute Gasteiger partial charge is 0.356 e. The van der Waals surface area contributed by atoms with Crippen LogP contribution in [0, 0.1) is 0 Å². The highest BCUT2D eigenvalue weighted by molar-refractivity contribution is 7.17. The number of ether oxygens (including phenoxy) is 1. The number of halogens is 2. The summed E-state index contributed by atoms with van der Waals surface area (Å²) in [6, 6.07) is 0. The average molecular weight is 260 g/mol. The SMILES string of the molecule is CCOC(=O)c1c(C(C)(F)F)sc2cncn12. The summed E-state index contributed by atoms with van der Waals surface area (Å²) in [6.07, 6.45) is 2.76. The first-order valence-corrected chi connectivity index (χ1v) is 5.77. The Bertz CT molecular complexity index is 556. The molecule has 0 spiro atoms. The maximum atomic E-state index is 13.4. The van der Waals surface area contributed by atoms with Crippen LogP contribution in [0.4, 0.5) is 8.78 Å². The molecule has 92 valence electrons. The van der Waals surface area contributed by atoms with Crippen LogP contribution in [0.5, 0.6) is 0 Å². The van der Waals surface area contributed by atoms with Gasteiger partial charge >= 0.3 is 5.97 Å². The third-order valence-electron chi connectivity index (χ3n) is 2.13. The molecule has 0 fully saturated rings. The number of carbonyl (C=O) groups excluding carboxylic acids is 1. The third-order valence-corrected chi connectivity index (χ3v) is 3.40. The van der Waals surface area contributed by atoms with E-state index in [2.05, 4.69) is 4.98 Å². The van der Waals surface area contributed by atoms with Crippen LogP contribution in [0.2, 0.25) is 0 Å². The molecule has 0 atom stereocenters. The van der Waals surface area contributed by atoms with Crippen LogP contribution in [-0.4, -0.2) is 22.0 Å². The number of fused-ring (bicyclic) bond motifs is 1. The Morgan fingerprint density at radius 2 is 2.35 bits per heavy atom. The maximum Gasteiger partial charge on any atom is 0.356 e. The molecule has 0 bridgehead atoms. The topological polar surface area (TPSA) is 43.6 Å². The van der Waals surface area contributed by atoms with E-state index in [0.717, 1.165) is 18.3 Å². The van der Waals surface area contributed by atoms with Crippen molar-refractivity contribution in [3.05, 3.63) is 23.1 Å². The Labute approximate surface area is 99.8 Å². The minimum atomic E-state index is -3.08. The first kappa shape index (κ1) is 12.0. The predicted molar refractivity (Wildman–Crippen MR) is 58.6 cm³/mol. The maximum absolute atomic E-state index is 13.4. The molecule has 0 unspecified atom stereocenters. The van der Waals surface area contributed by atoms with Gasteiger partial charge in [0.05, 0.1) is 12.8 Å². The normalized spacial score (nSPS) is 12.0. The second-order valence-corrected chi connectivity index (χ2v) is 4.52. The quantitative estimate of drug-likeness (QED) is 0.797.